The molecule has 41 heavy (non-hydrogen) atoms. The molecule has 0 aliphatic carbocycles. The van der Waals surface area contributed by atoms with E-state index in [1.165, 1.54) is 22.0 Å². The largest absolute Gasteiger partial charge is 0.473 e. The van der Waals surface area contributed by atoms with E-state index in [0.717, 1.165) is 61.5 Å². The number of aryl methyl sites for hydroxylation is 1. The number of thiophene rings is 1. The summed E-state index contributed by atoms with van der Waals surface area (Å²) in [6.07, 6.45) is 4.14. The van der Waals surface area contributed by atoms with E-state index >= 15 is 0 Å². The minimum Gasteiger partial charge on any atom is -0.473 e. The quantitative estimate of drug-likeness (QED) is 0.120. The van der Waals surface area contributed by atoms with Crippen LogP contribution in [0.1, 0.15) is 35.3 Å². The van der Waals surface area contributed by atoms with E-state index in [-0.39, 0.29) is 12.4 Å². The molecule has 10 heteroatoms. The van der Waals surface area contributed by atoms with Crippen molar-refractivity contribution in [1.82, 2.24) is 19.4 Å². The van der Waals surface area contributed by atoms with Crippen LogP contribution in [0.2, 0.25) is 30.7 Å². The maximum Gasteiger partial charge on any atom is 0.214 e. The number of fused-ring (bicyclic) bond motifs is 1. The van der Waals surface area contributed by atoms with Gasteiger partial charge in [-0.05, 0) is 48.7 Å². The van der Waals surface area contributed by atoms with Gasteiger partial charge in [0.05, 0.1) is 17.8 Å². The first kappa shape index (κ1) is 29.9. The average molecular weight is 613 g/mol. The zero-order valence-electron chi connectivity index (χ0n) is 24.3. The first-order chi connectivity index (χ1) is 19.7. The molecule has 0 radical (unpaired) electrons. The first-order valence-electron chi connectivity index (χ1n) is 14.2. The van der Waals surface area contributed by atoms with Gasteiger partial charge < -0.3 is 14.0 Å². The second kappa shape index (κ2) is 13.2. The van der Waals surface area contributed by atoms with Crippen molar-refractivity contribution in [3.63, 3.8) is 0 Å². The molecule has 0 fully saturated rings. The summed E-state index contributed by atoms with van der Waals surface area (Å²) in [7, 11) is -1.14. The van der Waals surface area contributed by atoms with Crippen molar-refractivity contribution in [1.29, 1.82) is 0 Å². The summed E-state index contributed by atoms with van der Waals surface area (Å²) in [6.45, 7) is 13.2. The molecule has 0 bridgehead atoms. The van der Waals surface area contributed by atoms with E-state index in [1.807, 2.05) is 12.1 Å². The molecule has 0 N–H and O–H groups in total. The van der Waals surface area contributed by atoms with Crippen LogP contribution in [0.5, 0.6) is 5.88 Å². The van der Waals surface area contributed by atoms with Crippen LogP contribution in [0.25, 0.3) is 15.9 Å². The van der Waals surface area contributed by atoms with Crippen LogP contribution >= 0.6 is 22.9 Å². The van der Waals surface area contributed by atoms with Gasteiger partial charge in [-0.2, -0.15) is 0 Å². The highest BCUT2D eigenvalue weighted by molar-refractivity contribution is 7.18. The first-order valence-corrected chi connectivity index (χ1v) is 19.1. The third-order valence-corrected chi connectivity index (χ3v) is 10.3. The van der Waals surface area contributed by atoms with Gasteiger partial charge in [-0.25, -0.2) is 14.4 Å². The summed E-state index contributed by atoms with van der Waals surface area (Å²) in [5.74, 6) is 1.15. The molecule has 4 heterocycles. The number of benzene rings is 1. The maximum absolute atomic E-state index is 14.1. The van der Waals surface area contributed by atoms with E-state index < -0.39 is 8.07 Å². The molecular formula is C31H38ClFN4O2SSi. The number of hydrogen-bond donors (Lipinski definition) is 0. The van der Waals surface area contributed by atoms with Crippen LogP contribution in [0.3, 0.4) is 0 Å². The van der Waals surface area contributed by atoms with Crippen molar-refractivity contribution in [3.8, 4) is 5.88 Å². The molecular weight excluding hydrogens is 575 g/mol. The highest BCUT2D eigenvalue weighted by Gasteiger charge is 2.20. The Kier molecular flexibility index (Phi) is 9.61. The number of rotatable bonds is 12. The Balaban J connectivity index is 1.23. The number of pyridine rings is 1. The highest BCUT2D eigenvalue weighted by atomic mass is 35.5. The van der Waals surface area contributed by atoms with Crippen molar-refractivity contribution in [2.75, 3.05) is 19.7 Å². The fraction of sp³-hybridized carbons (Fsp3) is 0.419. The average Bonchev–Trinajstić information content (AvgIpc) is 3.48. The minimum atomic E-state index is -1.14. The van der Waals surface area contributed by atoms with Gasteiger partial charge in [-0.1, -0.05) is 56.4 Å². The Bertz CT molecular complexity index is 1530. The van der Waals surface area contributed by atoms with E-state index in [2.05, 4.69) is 48.2 Å². The monoisotopic (exact) mass is 612 g/mol. The van der Waals surface area contributed by atoms with Gasteiger partial charge in [0.25, 0.3) is 0 Å². The van der Waals surface area contributed by atoms with Crippen LogP contribution in [-0.2, 0) is 31.0 Å². The van der Waals surface area contributed by atoms with Gasteiger partial charge in [0, 0.05) is 49.3 Å². The fourth-order valence-corrected chi connectivity index (χ4v) is 6.64. The molecule has 6 nitrogen and oxygen atoms in total. The predicted octanol–water partition coefficient (Wildman–Crippen LogP) is 8.03. The molecule has 3 aromatic heterocycles. The summed E-state index contributed by atoms with van der Waals surface area (Å²) < 4.78 is 28.4. The lowest BCUT2D eigenvalue weighted by Crippen LogP contribution is -2.29. The van der Waals surface area contributed by atoms with Crippen molar-refractivity contribution < 1.29 is 13.9 Å². The fourth-order valence-electron chi connectivity index (χ4n) is 4.74. The van der Waals surface area contributed by atoms with Gasteiger partial charge in [0.15, 0.2) is 0 Å². The lowest BCUT2D eigenvalue weighted by molar-refractivity contribution is 0.0859. The van der Waals surface area contributed by atoms with Crippen molar-refractivity contribution >= 4 is 46.9 Å². The number of ether oxygens (including phenoxy) is 2. The van der Waals surface area contributed by atoms with Crippen molar-refractivity contribution in [2.24, 2.45) is 0 Å². The lowest BCUT2D eigenvalue weighted by atomic mass is 10.0. The summed E-state index contributed by atoms with van der Waals surface area (Å²) in [5.41, 5.74) is 3.71. The Morgan fingerprint density at radius 1 is 1.12 bits per heavy atom. The molecule has 0 atom stereocenters. The van der Waals surface area contributed by atoms with Gasteiger partial charge in [0.2, 0.25) is 5.88 Å². The second-order valence-electron chi connectivity index (χ2n) is 11.7. The third-order valence-electron chi connectivity index (χ3n) is 7.24. The maximum atomic E-state index is 14.1. The van der Waals surface area contributed by atoms with Gasteiger partial charge in [0.1, 0.15) is 29.8 Å². The molecule has 218 valence electrons. The zero-order chi connectivity index (χ0) is 29.0. The Morgan fingerprint density at radius 2 is 1.98 bits per heavy atom. The summed E-state index contributed by atoms with van der Waals surface area (Å²) in [6, 6.07) is 13.7. The standard InChI is InChI=1S/C31H38ClFN4O2SSi/c1-5-25-18-28-31(40-25)35-29(37(28)21-38-15-16-41(2,3)4)19-36-13-11-22(12-14-36)27-7-6-8-30(34-27)39-20-23-9-10-24(32)17-26(23)33/h6-11,17-18H,5,12-16,19-21H2,1-4H3. The number of halogens is 2. The molecule has 0 spiro atoms. The predicted molar refractivity (Wildman–Crippen MR) is 169 cm³/mol. The second-order valence-corrected chi connectivity index (χ2v) is 18.8. The Labute approximate surface area is 251 Å². The Hall–Kier alpha value is -2.56. The zero-order valence-corrected chi connectivity index (χ0v) is 26.8. The molecule has 4 aromatic rings. The minimum absolute atomic E-state index is 0.0952. The molecule has 0 saturated carbocycles. The number of aromatic nitrogens is 3. The Morgan fingerprint density at radius 3 is 2.71 bits per heavy atom. The van der Waals surface area contributed by atoms with Crippen molar-refractivity contribution in [2.45, 2.75) is 65.3 Å². The topological polar surface area (TPSA) is 52.4 Å². The SMILES string of the molecule is CCc1cc2c(nc(CN3CC=C(c4cccc(OCc5ccc(Cl)cc5F)n4)CC3)n2COCC[Si](C)(C)C)s1. The highest BCUT2D eigenvalue weighted by Crippen LogP contribution is 2.29. The van der Waals surface area contributed by atoms with Gasteiger partial charge in [-0.15, -0.1) is 11.3 Å². The summed E-state index contributed by atoms with van der Waals surface area (Å²) >= 11 is 7.64. The van der Waals surface area contributed by atoms with E-state index in [9.17, 15) is 4.39 Å². The van der Waals surface area contributed by atoms with Crippen LogP contribution in [0, 0.1) is 5.82 Å². The molecule has 1 aliphatic heterocycles. The smallest absolute Gasteiger partial charge is 0.214 e. The number of imidazole rings is 1. The number of hydrogen-bond acceptors (Lipinski definition) is 6. The third kappa shape index (κ3) is 7.84. The molecule has 1 aliphatic rings. The normalized spacial score (nSPS) is 14.5. The summed E-state index contributed by atoms with van der Waals surface area (Å²) in [4.78, 5) is 14.6. The molecule has 1 aromatic carbocycles. The summed E-state index contributed by atoms with van der Waals surface area (Å²) in [5, 5.41) is 0.366. The van der Waals surface area contributed by atoms with E-state index in [1.54, 1.807) is 29.5 Å². The van der Waals surface area contributed by atoms with Gasteiger partial charge >= 0.3 is 0 Å². The molecule has 0 unspecified atom stereocenters. The van der Waals surface area contributed by atoms with Crippen LogP contribution in [0.4, 0.5) is 4.39 Å². The van der Waals surface area contributed by atoms with E-state index in [0.29, 0.717) is 23.2 Å². The lowest BCUT2D eigenvalue weighted by Gasteiger charge is -2.26. The molecule has 0 amide bonds. The van der Waals surface area contributed by atoms with Crippen LogP contribution in [0.15, 0.2) is 48.5 Å². The van der Waals surface area contributed by atoms with Crippen molar-refractivity contribution in [3.05, 3.63) is 81.3 Å². The van der Waals surface area contributed by atoms with E-state index in [4.69, 9.17) is 31.0 Å². The van der Waals surface area contributed by atoms with Gasteiger partial charge in [-0.3, -0.25) is 4.90 Å². The number of nitrogens with zero attached hydrogens (tertiary/aromatic N) is 4. The van der Waals surface area contributed by atoms with Crippen LogP contribution < -0.4 is 4.74 Å². The molecule has 5 rings (SSSR count). The molecule has 0 saturated heterocycles. The van der Waals surface area contributed by atoms with Crippen LogP contribution in [-0.4, -0.2) is 47.2 Å².